The summed E-state index contributed by atoms with van der Waals surface area (Å²) in [6.07, 6.45) is 0. The van der Waals surface area contributed by atoms with Gasteiger partial charge in [0.05, 0.1) is 6.54 Å². The van der Waals surface area contributed by atoms with Gasteiger partial charge in [-0.2, -0.15) is 0 Å². The lowest BCUT2D eigenvalue weighted by molar-refractivity contribution is 0.648. The number of hydrogen-bond donors (Lipinski definition) is 2. The Morgan fingerprint density at radius 3 is 2.43 bits per heavy atom. The van der Waals surface area contributed by atoms with E-state index >= 15 is 0 Å². The normalized spacial score (nSPS) is 13.5. The second kappa shape index (κ2) is 8.73. The molecule has 1 aromatic rings. The van der Waals surface area contributed by atoms with Crippen LogP contribution in [0.3, 0.4) is 0 Å². The lowest BCUT2D eigenvalue weighted by atomic mass is 10.1. The molecule has 0 aliphatic rings. The number of benzene rings is 1. The van der Waals surface area contributed by atoms with E-state index in [0.717, 1.165) is 5.69 Å². The number of nitrogens with two attached hydrogens (primary N) is 1. The molecule has 6 heteroatoms. The number of aliphatic imine (C=N–C) groups is 1. The summed E-state index contributed by atoms with van der Waals surface area (Å²) in [6, 6.07) is 6.04. The lowest BCUT2D eigenvalue weighted by Crippen LogP contribution is -2.27. The average molecular weight is 423 g/mol. The second-order valence-electron chi connectivity index (χ2n) is 5.85. The highest BCUT2D eigenvalue weighted by Crippen LogP contribution is 2.14. The molecule has 1 rings (SSSR count). The molecule has 0 aliphatic carbocycles. The second-order valence-corrected chi connectivity index (χ2v) is 8.18. The SMILES string of the molecule is Cc1ccc(NC(N)=NCCS(=O)C(C)(C)C)cc1C.I. The molecule has 0 saturated carbocycles. The fourth-order valence-electron chi connectivity index (χ4n) is 1.56. The monoisotopic (exact) mass is 423 g/mol. The maximum Gasteiger partial charge on any atom is 0.193 e. The first-order chi connectivity index (χ1) is 9.20. The van der Waals surface area contributed by atoms with Crippen molar-refractivity contribution < 1.29 is 4.21 Å². The summed E-state index contributed by atoms with van der Waals surface area (Å²) in [6.45, 7) is 10.5. The van der Waals surface area contributed by atoms with Crippen LogP contribution in [-0.2, 0) is 10.8 Å². The number of hydrogen-bond acceptors (Lipinski definition) is 2. The van der Waals surface area contributed by atoms with Crippen molar-refractivity contribution in [2.75, 3.05) is 17.6 Å². The summed E-state index contributed by atoms with van der Waals surface area (Å²) in [7, 11) is -0.897. The summed E-state index contributed by atoms with van der Waals surface area (Å²) in [5.41, 5.74) is 9.20. The standard InChI is InChI=1S/C15H25N3OS.HI/c1-11-6-7-13(10-12(11)2)18-14(16)17-8-9-20(19)15(3,4)5;/h6-7,10H,8-9H2,1-5H3,(H3,16,17,18);1H. The topological polar surface area (TPSA) is 67.5 Å². The van der Waals surface area contributed by atoms with Crippen LogP contribution in [-0.4, -0.2) is 27.2 Å². The van der Waals surface area contributed by atoms with Crippen LogP contribution in [0.2, 0.25) is 0 Å². The van der Waals surface area contributed by atoms with E-state index in [-0.39, 0.29) is 28.7 Å². The highest BCUT2D eigenvalue weighted by atomic mass is 127. The van der Waals surface area contributed by atoms with Gasteiger partial charge in [-0.05, 0) is 57.9 Å². The Morgan fingerprint density at radius 1 is 1.29 bits per heavy atom. The summed E-state index contributed by atoms with van der Waals surface area (Å²) in [5.74, 6) is 0.887. The third kappa shape index (κ3) is 7.26. The molecule has 0 radical (unpaired) electrons. The Hall–Kier alpha value is -0.630. The molecule has 4 nitrogen and oxygen atoms in total. The van der Waals surface area contributed by atoms with Crippen molar-refractivity contribution in [3.63, 3.8) is 0 Å². The molecule has 3 N–H and O–H groups in total. The number of anilines is 1. The maximum atomic E-state index is 11.9. The van der Waals surface area contributed by atoms with Gasteiger partial charge >= 0.3 is 0 Å². The molecular weight excluding hydrogens is 397 g/mol. The Bertz CT molecular complexity index is 524. The molecule has 0 saturated heterocycles. The van der Waals surface area contributed by atoms with E-state index in [1.54, 1.807) is 0 Å². The average Bonchev–Trinajstić information content (AvgIpc) is 2.32. The Balaban J connectivity index is 0.00000400. The number of guanidine groups is 1. The highest BCUT2D eigenvalue weighted by molar-refractivity contribution is 14.0. The van der Waals surface area contributed by atoms with Gasteiger partial charge in [0.25, 0.3) is 0 Å². The van der Waals surface area contributed by atoms with Crippen LogP contribution >= 0.6 is 24.0 Å². The van der Waals surface area contributed by atoms with Crippen LogP contribution in [0.25, 0.3) is 0 Å². The molecule has 1 atom stereocenters. The zero-order valence-electron chi connectivity index (χ0n) is 13.4. The molecule has 120 valence electrons. The molecule has 1 unspecified atom stereocenters. The number of nitrogens with zero attached hydrogens (tertiary/aromatic N) is 1. The number of halogens is 1. The molecule has 0 heterocycles. The number of rotatable bonds is 4. The van der Waals surface area contributed by atoms with E-state index < -0.39 is 10.8 Å². The summed E-state index contributed by atoms with van der Waals surface area (Å²) < 4.78 is 11.7. The van der Waals surface area contributed by atoms with Gasteiger partial charge in [-0.1, -0.05) is 6.07 Å². The minimum absolute atomic E-state index is 0. The fraction of sp³-hybridized carbons (Fsp3) is 0.533. The first-order valence-corrected chi connectivity index (χ1v) is 8.04. The van der Waals surface area contributed by atoms with Gasteiger partial charge in [0.1, 0.15) is 0 Å². The van der Waals surface area contributed by atoms with Gasteiger partial charge in [0.15, 0.2) is 5.96 Å². The zero-order valence-corrected chi connectivity index (χ0v) is 16.5. The van der Waals surface area contributed by atoms with Gasteiger partial charge in [0, 0.05) is 27.0 Å². The van der Waals surface area contributed by atoms with Crippen molar-refractivity contribution in [2.45, 2.75) is 39.4 Å². The van der Waals surface area contributed by atoms with Crippen molar-refractivity contribution in [1.29, 1.82) is 0 Å². The summed E-state index contributed by atoms with van der Waals surface area (Å²) in [5, 5.41) is 3.05. The van der Waals surface area contributed by atoms with Crippen molar-refractivity contribution in [3.8, 4) is 0 Å². The highest BCUT2D eigenvalue weighted by Gasteiger charge is 2.18. The molecule has 0 spiro atoms. The molecule has 0 fully saturated rings. The van der Waals surface area contributed by atoms with Crippen LogP contribution in [0.5, 0.6) is 0 Å². The Morgan fingerprint density at radius 2 is 1.90 bits per heavy atom. The van der Waals surface area contributed by atoms with Crippen molar-refractivity contribution >= 4 is 46.4 Å². The van der Waals surface area contributed by atoms with Crippen LogP contribution in [0, 0.1) is 13.8 Å². The van der Waals surface area contributed by atoms with Crippen LogP contribution in [0.15, 0.2) is 23.2 Å². The van der Waals surface area contributed by atoms with E-state index in [1.807, 2.05) is 39.0 Å². The molecular formula is C15H26IN3OS. The van der Waals surface area contributed by atoms with Gasteiger partial charge in [-0.3, -0.25) is 9.20 Å². The molecule has 0 aromatic heterocycles. The van der Waals surface area contributed by atoms with Crippen molar-refractivity contribution in [2.24, 2.45) is 10.7 Å². The predicted molar refractivity (Wildman–Crippen MR) is 104 cm³/mol. The zero-order chi connectivity index (χ0) is 15.3. The minimum atomic E-state index is -0.897. The van der Waals surface area contributed by atoms with Gasteiger partial charge < -0.3 is 11.1 Å². The first kappa shape index (κ1) is 20.4. The molecule has 0 bridgehead atoms. The van der Waals surface area contributed by atoms with Crippen molar-refractivity contribution in [1.82, 2.24) is 0 Å². The van der Waals surface area contributed by atoms with Crippen LogP contribution in [0.1, 0.15) is 31.9 Å². The van der Waals surface area contributed by atoms with Gasteiger partial charge in [-0.25, -0.2) is 0 Å². The third-order valence-corrected chi connectivity index (χ3v) is 4.94. The predicted octanol–water partition coefficient (Wildman–Crippen LogP) is 3.20. The molecule has 0 amide bonds. The van der Waals surface area contributed by atoms with E-state index in [2.05, 4.69) is 24.2 Å². The van der Waals surface area contributed by atoms with E-state index in [0.29, 0.717) is 18.3 Å². The van der Waals surface area contributed by atoms with Crippen LogP contribution in [0.4, 0.5) is 5.69 Å². The Labute approximate surface area is 147 Å². The summed E-state index contributed by atoms with van der Waals surface area (Å²) in [4.78, 5) is 4.22. The largest absolute Gasteiger partial charge is 0.370 e. The maximum absolute atomic E-state index is 11.9. The molecule has 1 aromatic carbocycles. The molecule has 21 heavy (non-hydrogen) atoms. The summed E-state index contributed by atoms with van der Waals surface area (Å²) >= 11 is 0. The quantitative estimate of drug-likeness (QED) is 0.444. The van der Waals surface area contributed by atoms with E-state index in [1.165, 1.54) is 11.1 Å². The Kier molecular flexibility index (Phi) is 8.46. The lowest BCUT2D eigenvalue weighted by Gasteiger charge is -2.16. The third-order valence-electron chi connectivity index (χ3n) is 3.02. The molecule has 0 aliphatic heterocycles. The van der Waals surface area contributed by atoms with Crippen molar-refractivity contribution in [3.05, 3.63) is 29.3 Å². The number of aryl methyl sites for hydroxylation is 2. The van der Waals surface area contributed by atoms with Crippen LogP contribution < -0.4 is 11.1 Å². The van der Waals surface area contributed by atoms with Gasteiger partial charge in [-0.15, -0.1) is 24.0 Å². The van der Waals surface area contributed by atoms with E-state index in [4.69, 9.17) is 5.73 Å². The van der Waals surface area contributed by atoms with Gasteiger partial charge in [0.2, 0.25) is 0 Å². The minimum Gasteiger partial charge on any atom is -0.370 e. The fourth-order valence-corrected chi connectivity index (χ4v) is 2.43. The first-order valence-electron chi connectivity index (χ1n) is 6.73. The van der Waals surface area contributed by atoms with E-state index in [9.17, 15) is 4.21 Å². The number of nitrogens with one attached hydrogen (secondary N) is 1. The smallest absolute Gasteiger partial charge is 0.193 e.